The molecule has 2 N–H and O–H groups in total. The zero-order chi connectivity index (χ0) is 13.3. The van der Waals surface area contributed by atoms with E-state index in [4.69, 9.17) is 5.73 Å². The Balaban J connectivity index is 2.25. The average Bonchev–Trinajstić information content (AvgIpc) is 2.99. The molecule has 1 aliphatic rings. The lowest BCUT2D eigenvalue weighted by Crippen LogP contribution is -2.38. The van der Waals surface area contributed by atoms with Crippen molar-refractivity contribution < 1.29 is 8.42 Å². The standard InChI is InChI=1S/C12H20N2O2S2/c1-9(2)14(7-10-3-4-10)18(15,16)12-5-11(6-13)17-8-12/h5,8-10H,3-4,6-7,13H2,1-2H3. The maximum Gasteiger partial charge on any atom is 0.244 e. The predicted molar refractivity (Wildman–Crippen MR) is 74.0 cm³/mol. The Bertz CT molecular complexity index is 504. The molecule has 0 radical (unpaired) electrons. The van der Waals surface area contributed by atoms with Gasteiger partial charge >= 0.3 is 0 Å². The van der Waals surface area contributed by atoms with Gasteiger partial charge in [0, 0.05) is 29.4 Å². The first-order valence-electron chi connectivity index (χ1n) is 6.24. The summed E-state index contributed by atoms with van der Waals surface area (Å²) in [6.45, 7) is 4.89. The van der Waals surface area contributed by atoms with E-state index in [0.29, 0.717) is 23.9 Å². The van der Waals surface area contributed by atoms with Crippen molar-refractivity contribution in [3.8, 4) is 0 Å². The highest BCUT2D eigenvalue weighted by Crippen LogP contribution is 2.33. The van der Waals surface area contributed by atoms with Crippen LogP contribution in [0.5, 0.6) is 0 Å². The third-order valence-corrected chi connectivity index (χ3v) is 6.28. The summed E-state index contributed by atoms with van der Waals surface area (Å²) in [5.41, 5.74) is 5.54. The van der Waals surface area contributed by atoms with Crippen molar-refractivity contribution >= 4 is 21.4 Å². The Labute approximate surface area is 113 Å². The smallest absolute Gasteiger partial charge is 0.244 e. The molecule has 0 aromatic carbocycles. The van der Waals surface area contributed by atoms with Gasteiger partial charge in [-0.25, -0.2) is 8.42 Å². The van der Waals surface area contributed by atoms with Crippen molar-refractivity contribution in [2.24, 2.45) is 11.7 Å². The minimum atomic E-state index is -3.36. The molecule has 0 bridgehead atoms. The third-order valence-electron chi connectivity index (χ3n) is 3.15. The van der Waals surface area contributed by atoms with Crippen LogP contribution in [0.25, 0.3) is 0 Å². The van der Waals surface area contributed by atoms with Crippen molar-refractivity contribution in [1.82, 2.24) is 4.31 Å². The van der Waals surface area contributed by atoms with Crippen LogP contribution in [0.4, 0.5) is 0 Å². The van der Waals surface area contributed by atoms with E-state index in [9.17, 15) is 8.42 Å². The molecular formula is C12H20N2O2S2. The van der Waals surface area contributed by atoms with E-state index < -0.39 is 10.0 Å². The summed E-state index contributed by atoms with van der Waals surface area (Å²) in [4.78, 5) is 1.30. The lowest BCUT2D eigenvalue weighted by atomic mass is 10.3. The fourth-order valence-corrected chi connectivity index (χ4v) is 4.74. The van der Waals surface area contributed by atoms with Crippen LogP contribution in [0.1, 0.15) is 31.6 Å². The van der Waals surface area contributed by atoms with E-state index in [1.165, 1.54) is 11.3 Å². The minimum Gasteiger partial charge on any atom is -0.326 e. The molecule has 18 heavy (non-hydrogen) atoms. The molecule has 0 unspecified atom stereocenters. The molecule has 1 aromatic heterocycles. The molecule has 0 spiro atoms. The van der Waals surface area contributed by atoms with Crippen LogP contribution >= 0.6 is 11.3 Å². The summed E-state index contributed by atoms with van der Waals surface area (Å²) in [6.07, 6.45) is 2.30. The number of hydrogen-bond acceptors (Lipinski definition) is 4. The van der Waals surface area contributed by atoms with Crippen LogP contribution in [-0.2, 0) is 16.6 Å². The van der Waals surface area contributed by atoms with Crippen LogP contribution in [0.15, 0.2) is 16.3 Å². The molecule has 102 valence electrons. The Hall–Kier alpha value is -0.430. The quantitative estimate of drug-likeness (QED) is 0.871. The average molecular weight is 288 g/mol. The second-order valence-corrected chi connectivity index (χ2v) is 7.95. The molecule has 0 saturated heterocycles. The van der Waals surface area contributed by atoms with Gasteiger partial charge in [0.25, 0.3) is 0 Å². The molecule has 0 aliphatic heterocycles. The second-order valence-electron chi connectivity index (χ2n) is 5.06. The van der Waals surface area contributed by atoms with Gasteiger partial charge in [-0.15, -0.1) is 11.3 Å². The van der Waals surface area contributed by atoms with Crippen molar-refractivity contribution in [1.29, 1.82) is 0 Å². The van der Waals surface area contributed by atoms with E-state index in [1.807, 2.05) is 13.8 Å². The Morgan fingerprint density at radius 3 is 2.61 bits per heavy atom. The zero-order valence-corrected chi connectivity index (χ0v) is 12.4. The summed E-state index contributed by atoms with van der Waals surface area (Å²) >= 11 is 1.41. The van der Waals surface area contributed by atoms with E-state index in [0.717, 1.165) is 17.7 Å². The molecule has 2 rings (SSSR count). The molecule has 0 amide bonds. The molecular weight excluding hydrogens is 268 g/mol. The van der Waals surface area contributed by atoms with E-state index >= 15 is 0 Å². The first kappa shape index (κ1) is 14.0. The Morgan fingerprint density at radius 1 is 1.50 bits per heavy atom. The third kappa shape index (κ3) is 2.93. The highest BCUT2D eigenvalue weighted by molar-refractivity contribution is 7.89. The van der Waals surface area contributed by atoms with Crippen LogP contribution in [0.2, 0.25) is 0 Å². The largest absolute Gasteiger partial charge is 0.326 e. The molecule has 1 aliphatic carbocycles. The number of hydrogen-bond donors (Lipinski definition) is 1. The van der Waals surface area contributed by atoms with Gasteiger partial charge in [-0.3, -0.25) is 0 Å². The minimum absolute atomic E-state index is 0.00294. The topological polar surface area (TPSA) is 63.4 Å². The van der Waals surface area contributed by atoms with Crippen molar-refractivity contribution in [2.45, 2.75) is 44.2 Å². The lowest BCUT2D eigenvalue weighted by Gasteiger charge is -2.25. The Kier molecular flexibility index (Phi) is 4.11. The van der Waals surface area contributed by atoms with Crippen molar-refractivity contribution in [3.63, 3.8) is 0 Å². The number of nitrogens with zero attached hydrogens (tertiary/aromatic N) is 1. The number of sulfonamides is 1. The summed E-state index contributed by atoms with van der Waals surface area (Å²) in [5.74, 6) is 0.551. The molecule has 6 heteroatoms. The van der Waals surface area contributed by atoms with Crippen molar-refractivity contribution in [3.05, 3.63) is 16.3 Å². The molecule has 0 atom stereocenters. The van der Waals surface area contributed by atoms with Crippen LogP contribution in [-0.4, -0.2) is 25.3 Å². The molecule has 1 aromatic rings. The molecule has 1 heterocycles. The second kappa shape index (κ2) is 5.28. The van der Waals surface area contributed by atoms with E-state index in [1.54, 1.807) is 15.8 Å². The molecule has 1 fully saturated rings. The van der Waals surface area contributed by atoms with Crippen LogP contribution in [0, 0.1) is 5.92 Å². The summed E-state index contributed by atoms with van der Waals surface area (Å²) in [7, 11) is -3.36. The number of thiophene rings is 1. The van der Waals surface area contributed by atoms with Gasteiger partial charge in [0.2, 0.25) is 10.0 Å². The van der Waals surface area contributed by atoms with Gasteiger partial charge in [0.15, 0.2) is 0 Å². The summed E-state index contributed by atoms with van der Waals surface area (Å²) < 4.78 is 26.7. The van der Waals surface area contributed by atoms with Crippen molar-refractivity contribution in [2.75, 3.05) is 6.54 Å². The van der Waals surface area contributed by atoms with Gasteiger partial charge < -0.3 is 5.73 Å². The van der Waals surface area contributed by atoms with Gasteiger partial charge in [-0.1, -0.05) is 0 Å². The summed E-state index contributed by atoms with van der Waals surface area (Å²) in [6, 6.07) is 1.69. The molecule has 1 saturated carbocycles. The summed E-state index contributed by atoms with van der Waals surface area (Å²) in [5, 5.41) is 1.69. The maximum absolute atomic E-state index is 12.6. The normalized spacial score (nSPS) is 16.7. The van der Waals surface area contributed by atoms with Gasteiger partial charge in [-0.2, -0.15) is 4.31 Å². The molecule has 4 nitrogen and oxygen atoms in total. The predicted octanol–water partition coefficient (Wildman–Crippen LogP) is 2.02. The number of rotatable bonds is 6. The fraction of sp³-hybridized carbons (Fsp3) is 0.667. The van der Waals surface area contributed by atoms with E-state index in [-0.39, 0.29) is 6.04 Å². The first-order valence-corrected chi connectivity index (χ1v) is 8.56. The highest BCUT2D eigenvalue weighted by atomic mass is 32.2. The maximum atomic E-state index is 12.6. The Morgan fingerprint density at radius 2 is 2.17 bits per heavy atom. The van der Waals surface area contributed by atoms with Gasteiger partial charge in [0.1, 0.15) is 0 Å². The fourth-order valence-electron chi connectivity index (χ4n) is 1.88. The zero-order valence-electron chi connectivity index (χ0n) is 10.8. The number of nitrogens with two attached hydrogens (primary N) is 1. The lowest BCUT2D eigenvalue weighted by molar-refractivity contribution is 0.342. The van der Waals surface area contributed by atoms with Gasteiger partial charge in [-0.05, 0) is 38.7 Å². The van der Waals surface area contributed by atoms with Crippen LogP contribution in [0.3, 0.4) is 0 Å². The monoisotopic (exact) mass is 288 g/mol. The van der Waals surface area contributed by atoms with Gasteiger partial charge in [0.05, 0.1) is 4.90 Å². The van der Waals surface area contributed by atoms with E-state index in [2.05, 4.69) is 0 Å². The van der Waals surface area contributed by atoms with Crippen LogP contribution < -0.4 is 5.73 Å². The SMILES string of the molecule is CC(C)N(CC1CC1)S(=O)(=O)c1csc(CN)c1. The first-order chi connectivity index (χ1) is 8.45. The highest BCUT2D eigenvalue weighted by Gasteiger charge is 2.33.